The van der Waals surface area contributed by atoms with Gasteiger partial charge >= 0.3 is 0 Å². The van der Waals surface area contributed by atoms with E-state index in [4.69, 9.17) is 9.47 Å². The van der Waals surface area contributed by atoms with Crippen molar-refractivity contribution < 1.29 is 9.47 Å². The first-order chi connectivity index (χ1) is 7.22. The van der Waals surface area contributed by atoms with Gasteiger partial charge < -0.3 is 9.47 Å². The van der Waals surface area contributed by atoms with Crippen molar-refractivity contribution in [1.29, 1.82) is 0 Å². The predicted molar refractivity (Wildman–Crippen MR) is 63.0 cm³/mol. The summed E-state index contributed by atoms with van der Waals surface area (Å²) in [7, 11) is 0. The van der Waals surface area contributed by atoms with Crippen molar-refractivity contribution in [2.45, 2.75) is 40.0 Å². The molecule has 2 nitrogen and oxygen atoms in total. The molecule has 0 bridgehead atoms. The normalized spacial score (nSPS) is 20.1. The molecule has 0 aliphatic heterocycles. The Hall–Kier alpha value is -0.340. The summed E-state index contributed by atoms with van der Waals surface area (Å²) < 4.78 is 11.2. The van der Waals surface area contributed by atoms with E-state index in [2.05, 4.69) is 26.8 Å². The van der Waals surface area contributed by atoms with E-state index in [9.17, 15) is 0 Å². The lowest BCUT2D eigenvalue weighted by atomic mass is 9.76. The Bertz CT molecular complexity index is 201. The van der Waals surface area contributed by atoms with E-state index in [0.717, 1.165) is 32.8 Å². The molecule has 0 aromatic heterocycles. The summed E-state index contributed by atoms with van der Waals surface area (Å²) in [6.45, 7) is 9.61. The van der Waals surface area contributed by atoms with Crippen LogP contribution in [0.2, 0.25) is 0 Å². The quantitative estimate of drug-likeness (QED) is 0.630. The molecule has 1 aliphatic rings. The van der Waals surface area contributed by atoms with Gasteiger partial charge in [-0.15, -0.1) is 0 Å². The molecule has 15 heavy (non-hydrogen) atoms. The minimum absolute atomic E-state index is 0.242. The zero-order valence-electron chi connectivity index (χ0n) is 10.3. The van der Waals surface area contributed by atoms with Crippen LogP contribution >= 0.6 is 0 Å². The predicted octanol–water partition coefficient (Wildman–Crippen LogP) is 3.18. The molecule has 0 aromatic rings. The Morgan fingerprint density at radius 3 is 2.20 bits per heavy atom. The summed E-state index contributed by atoms with van der Waals surface area (Å²) in [5.41, 5.74) is 1.75. The molecule has 0 atom stereocenters. The lowest BCUT2D eigenvalue weighted by Gasteiger charge is -2.35. The Kier molecular flexibility index (Phi) is 5.34. The van der Waals surface area contributed by atoms with Crippen LogP contribution in [0.25, 0.3) is 0 Å². The SMILES string of the molecule is CCOCC1(COCC)CC=C(C)CC1. The van der Waals surface area contributed by atoms with Gasteiger partial charge in [-0.3, -0.25) is 0 Å². The lowest BCUT2D eigenvalue weighted by Crippen LogP contribution is -2.34. The van der Waals surface area contributed by atoms with E-state index in [-0.39, 0.29) is 5.41 Å². The number of hydrogen-bond acceptors (Lipinski definition) is 2. The van der Waals surface area contributed by atoms with Crippen LogP contribution in [0.15, 0.2) is 11.6 Å². The molecule has 0 fully saturated rings. The maximum atomic E-state index is 5.60. The van der Waals surface area contributed by atoms with Crippen molar-refractivity contribution in [3.63, 3.8) is 0 Å². The van der Waals surface area contributed by atoms with Crippen LogP contribution in [0.4, 0.5) is 0 Å². The second-order valence-corrected chi connectivity index (χ2v) is 4.53. The first-order valence-electron chi connectivity index (χ1n) is 6.03. The first kappa shape index (κ1) is 12.7. The summed E-state index contributed by atoms with van der Waals surface area (Å²) in [6, 6.07) is 0. The largest absolute Gasteiger partial charge is 0.381 e. The standard InChI is InChI=1S/C13H24O2/c1-4-14-10-13(11-15-5-2)8-6-12(3)7-9-13/h6H,4-5,7-11H2,1-3H3. The number of rotatable bonds is 6. The Morgan fingerprint density at radius 2 is 1.80 bits per heavy atom. The van der Waals surface area contributed by atoms with Gasteiger partial charge in [-0.2, -0.15) is 0 Å². The van der Waals surface area contributed by atoms with Crippen LogP contribution in [0.5, 0.6) is 0 Å². The van der Waals surface area contributed by atoms with Crippen LogP contribution in [0.3, 0.4) is 0 Å². The molecule has 0 N–H and O–H groups in total. The Balaban J connectivity index is 2.52. The highest BCUT2D eigenvalue weighted by Crippen LogP contribution is 2.36. The minimum atomic E-state index is 0.242. The second kappa shape index (κ2) is 6.29. The fourth-order valence-corrected chi connectivity index (χ4v) is 2.00. The van der Waals surface area contributed by atoms with Crippen LogP contribution in [0, 0.1) is 5.41 Å². The van der Waals surface area contributed by atoms with E-state index < -0.39 is 0 Å². The van der Waals surface area contributed by atoms with Crippen LogP contribution < -0.4 is 0 Å². The molecule has 0 heterocycles. The lowest BCUT2D eigenvalue weighted by molar-refractivity contribution is -0.0223. The minimum Gasteiger partial charge on any atom is -0.381 e. The van der Waals surface area contributed by atoms with Crippen LogP contribution in [-0.4, -0.2) is 26.4 Å². The molecule has 1 rings (SSSR count). The average Bonchev–Trinajstić information content (AvgIpc) is 2.27. The van der Waals surface area contributed by atoms with Gasteiger partial charge in [0, 0.05) is 18.6 Å². The molecular weight excluding hydrogens is 188 g/mol. The third-order valence-corrected chi connectivity index (χ3v) is 3.16. The average molecular weight is 212 g/mol. The fourth-order valence-electron chi connectivity index (χ4n) is 2.00. The molecular formula is C13H24O2. The molecule has 0 spiro atoms. The van der Waals surface area contributed by atoms with Gasteiger partial charge in [0.1, 0.15) is 0 Å². The highest BCUT2D eigenvalue weighted by molar-refractivity contribution is 5.07. The van der Waals surface area contributed by atoms with Crippen molar-refractivity contribution in [2.75, 3.05) is 26.4 Å². The van der Waals surface area contributed by atoms with E-state index in [0.29, 0.717) is 0 Å². The molecule has 0 saturated heterocycles. The molecule has 0 unspecified atom stereocenters. The summed E-state index contributed by atoms with van der Waals surface area (Å²) >= 11 is 0. The van der Waals surface area contributed by atoms with Crippen molar-refractivity contribution in [3.05, 3.63) is 11.6 Å². The van der Waals surface area contributed by atoms with Crippen molar-refractivity contribution in [3.8, 4) is 0 Å². The topological polar surface area (TPSA) is 18.5 Å². The zero-order chi connectivity index (χ0) is 11.1. The zero-order valence-corrected chi connectivity index (χ0v) is 10.3. The van der Waals surface area contributed by atoms with Gasteiger partial charge in [0.25, 0.3) is 0 Å². The summed E-state index contributed by atoms with van der Waals surface area (Å²) in [6.07, 6.45) is 5.86. The van der Waals surface area contributed by atoms with Gasteiger partial charge in [-0.25, -0.2) is 0 Å². The monoisotopic (exact) mass is 212 g/mol. The maximum Gasteiger partial charge on any atom is 0.0547 e. The molecule has 0 radical (unpaired) electrons. The molecule has 0 saturated carbocycles. The van der Waals surface area contributed by atoms with E-state index >= 15 is 0 Å². The third-order valence-electron chi connectivity index (χ3n) is 3.16. The summed E-state index contributed by atoms with van der Waals surface area (Å²) in [4.78, 5) is 0. The summed E-state index contributed by atoms with van der Waals surface area (Å²) in [5.74, 6) is 0. The molecule has 88 valence electrons. The van der Waals surface area contributed by atoms with Crippen molar-refractivity contribution in [2.24, 2.45) is 5.41 Å². The highest BCUT2D eigenvalue weighted by atomic mass is 16.5. The Labute approximate surface area is 93.7 Å². The van der Waals surface area contributed by atoms with E-state index in [1.807, 2.05) is 0 Å². The van der Waals surface area contributed by atoms with Gasteiger partial charge in [-0.1, -0.05) is 11.6 Å². The van der Waals surface area contributed by atoms with Crippen molar-refractivity contribution in [1.82, 2.24) is 0 Å². The summed E-state index contributed by atoms with van der Waals surface area (Å²) in [5, 5.41) is 0. The van der Waals surface area contributed by atoms with E-state index in [1.165, 1.54) is 18.4 Å². The Morgan fingerprint density at radius 1 is 1.20 bits per heavy atom. The van der Waals surface area contributed by atoms with Crippen molar-refractivity contribution >= 4 is 0 Å². The van der Waals surface area contributed by atoms with Gasteiger partial charge in [-0.05, 0) is 40.0 Å². The number of allylic oxidation sites excluding steroid dienone is 2. The molecule has 0 amide bonds. The van der Waals surface area contributed by atoms with Gasteiger partial charge in [0.2, 0.25) is 0 Å². The fraction of sp³-hybridized carbons (Fsp3) is 0.846. The molecule has 2 heteroatoms. The molecule has 1 aliphatic carbocycles. The molecule has 0 aromatic carbocycles. The second-order valence-electron chi connectivity index (χ2n) is 4.53. The first-order valence-corrected chi connectivity index (χ1v) is 6.03. The third kappa shape index (κ3) is 3.96. The van der Waals surface area contributed by atoms with Gasteiger partial charge in [0.15, 0.2) is 0 Å². The van der Waals surface area contributed by atoms with Crippen LogP contribution in [-0.2, 0) is 9.47 Å². The highest BCUT2D eigenvalue weighted by Gasteiger charge is 2.31. The van der Waals surface area contributed by atoms with Crippen LogP contribution in [0.1, 0.15) is 40.0 Å². The smallest absolute Gasteiger partial charge is 0.0547 e. The van der Waals surface area contributed by atoms with Gasteiger partial charge in [0.05, 0.1) is 13.2 Å². The number of hydrogen-bond donors (Lipinski definition) is 0. The van der Waals surface area contributed by atoms with E-state index in [1.54, 1.807) is 0 Å². The number of ether oxygens (including phenoxy) is 2. The maximum absolute atomic E-state index is 5.60.